The minimum atomic E-state index is -0.460. The average molecular weight is 141 g/mol. The van der Waals surface area contributed by atoms with Crippen molar-refractivity contribution < 1.29 is 4.39 Å². The molecule has 2 heteroatoms. The monoisotopic (exact) mass is 141 g/mol. The predicted molar refractivity (Wildman–Crippen MR) is 42.2 cm³/mol. The quantitative estimate of drug-likeness (QED) is 0.595. The van der Waals surface area contributed by atoms with Crippen molar-refractivity contribution in [1.82, 2.24) is 0 Å². The maximum absolute atomic E-state index is 11.9. The summed E-state index contributed by atoms with van der Waals surface area (Å²) in [6, 6.07) is 0. The van der Waals surface area contributed by atoms with Crippen LogP contribution in [0.4, 0.5) is 4.39 Å². The van der Waals surface area contributed by atoms with Crippen LogP contribution < -0.4 is 5.73 Å². The van der Waals surface area contributed by atoms with Gasteiger partial charge in [0.1, 0.15) is 5.83 Å². The molecule has 0 aromatic carbocycles. The highest BCUT2D eigenvalue weighted by molar-refractivity contribution is 5.20. The Morgan fingerprint density at radius 2 is 2.00 bits per heavy atom. The van der Waals surface area contributed by atoms with Crippen molar-refractivity contribution in [3.05, 3.63) is 36.7 Å². The second-order valence-electron chi connectivity index (χ2n) is 1.98. The van der Waals surface area contributed by atoms with E-state index in [0.29, 0.717) is 13.0 Å². The number of hydrogen-bond acceptors (Lipinski definition) is 1. The summed E-state index contributed by atoms with van der Waals surface area (Å²) in [5.41, 5.74) is 6.05. The van der Waals surface area contributed by atoms with E-state index in [4.69, 9.17) is 5.73 Å². The SMILES string of the molecule is C=C(F)/C=C\C(=C)CCN. The molecule has 0 amide bonds. The third-order valence-electron chi connectivity index (χ3n) is 0.965. The summed E-state index contributed by atoms with van der Waals surface area (Å²) >= 11 is 0. The molecule has 0 heterocycles. The summed E-state index contributed by atoms with van der Waals surface area (Å²) in [5.74, 6) is -0.460. The van der Waals surface area contributed by atoms with E-state index in [-0.39, 0.29) is 0 Å². The summed E-state index contributed by atoms with van der Waals surface area (Å²) in [6.45, 7) is 7.25. The molecule has 0 unspecified atom stereocenters. The highest BCUT2D eigenvalue weighted by Crippen LogP contribution is 2.01. The summed E-state index contributed by atoms with van der Waals surface area (Å²) < 4.78 is 11.9. The largest absolute Gasteiger partial charge is 0.330 e. The second kappa shape index (κ2) is 4.94. The molecule has 1 nitrogen and oxygen atoms in total. The van der Waals surface area contributed by atoms with Crippen molar-refractivity contribution >= 4 is 0 Å². The molecule has 0 saturated heterocycles. The number of nitrogens with two attached hydrogens (primary N) is 1. The zero-order chi connectivity index (χ0) is 7.98. The van der Waals surface area contributed by atoms with Gasteiger partial charge in [-0.1, -0.05) is 24.8 Å². The average Bonchev–Trinajstić information content (AvgIpc) is 1.85. The van der Waals surface area contributed by atoms with Crippen LogP contribution in [0.5, 0.6) is 0 Å². The van der Waals surface area contributed by atoms with Crippen LogP contribution in [-0.2, 0) is 0 Å². The van der Waals surface area contributed by atoms with E-state index >= 15 is 0 Å². The van der Waals surface area contributed by atoms with Crippen molar-refractivity contribution in [2.24, 2.45) is 5.73 Å². The Kier molecular flexibility index (Phi) is 4.50. The lowest BCUT2D eigenvalue weighted by atomic mass is 10.2. The maximum atomic E-state index is 11.9. The molecule has 0 fully saturated rings. The predicted octanol–water partition coefficient (Wildman–Crippen LogP) is 1.93. The molecule has 0 spiro atoms. The van der Waals surface area contributed by atoms with E-state index in [1.54, 1.807) is 6.08 Å². The molecular weight excluding hydrogens is 129 g/mol. The molecule has 10 heavy (non-hydrogen) atoms. The Morgan fingerprint density at radius 1 is 1.40 bits per heavy atom. The van der Waals surface area contributed by atoms with Gasteiger partial charge in [0.15, 0.2) is 0 Å². The number of halogens is 1. The first kappa shape index (κ1) is 9.11. The molecular formula is C8H12FN. The van der Waals surface area contributed by atoms with Crippen LogP contribution in [0.3, 0.4) is 0 Å². The fraction of sp³-hybridized carbons (Fsp3) is 0.250. The van der Waals surface area contributed by atoms with Crippen molar-refractivity contribution in [2.75, 3.05) is 6.54 Å². The van der Waals surface area contributed by atoms with Crippen molar-refractivity contribution in [3.63, 3.8) is 0 Å². The van der Waals surface area contributed by atoms with Crippen LogP contribution >= 0.6 is 0 Å². The minimum Gasteiger partial charge on any atom is -0.330 e. The van der Waals surface area contributed by atoms with E-state index in [2.05, 4.69) is 13.2 Å². The van der Waals surface area contributed by atoms with Gasteiger partial charge in [-0.05, 0) is 19.0 Å². The van der Waals surface area contributed by atoms with Gasteiger partial charge < -0.3 is 5.73 Å². The second-order valence-corrected chi connectivity index (χ2v) is 1.98. The van der Waals surface area contributed by atoms with Crippen LogP contribution in [-0.4, -0.2) is 6.54 Å². The molecule has 0 aliphatic heterocycles. The van der Waals surface area contributed by atoms with Crippen LogP contribution in [0.1, 0.15) is 6.42 Å². The van der Waals surface area contributed by atoms with E-state index in [1.165, 1.54) is 6.08 Å². The smallest absolute Gasteiger partial charge is 0.116 e. The Hall–Kier alpha value is -0.890. The van der Waals surface area contributed by atoms with Crippen molar-refractivity contribution in [3.8, 4) is 0 Å². The van der Waals surface area contributed by atoms with Gasteiger partial charge in [-0.15, -0.1) is 0 Å². The summed E-state index contributed by atoms with van der Waals surface area (Å²) in [5, 5.41) is 0. The Balaban J connectivity index is 3.67. The molecule has 2 N–H and O–H groups in total. The molecule has 0 saturated carbocycles. The van der Waals surface area contributed by atoms with Gasteiger partial charge in [0.05, 0.1) is 0 Å². The Morgan fingerprint density at radius 3 is 2.40 bits per heavy atom. The van der Waals surface area contributed by atoms with E-state index < -0.39 is 5.83 Å². The molecule has 0 radical (unpaired) electrons. The maximum Gasteiger partial charge on any atom is 0.116 e. The fourth-order valence-corrected chi connectivity index (χ4v) is 0.477. The first-order valence-electron chi connectivity index (χ1n) is 3.07. The molecule has 0 aromatic heterocycles. The third kappa shape index (κ3) is 5.25. The zero-order valence-corrected chi connectivity index (χ0v) is 5.94. The summed E-state index contributed by atoms with van der Waals surface area (Å²) in [6.07, 6.45) is 3.55. The molecule has 0 aromatic rings. The molecule has 0 aliphatic carbocycles. The first-order valence-corrected chi connectivity index (χ1v) is 3.07. The first-order chi connectivity index (χ1) is 4.66. The minimum absolute atomic E-state index is 0.460. The molecule has 0 rings (SSSR count). The highest BCUT2D eigenvalue weighted by atomic mass is 19.1. The van der Waals surface area contributed by atoms with Crippen LogP contribution in [0.25, 0.3) is 0 Å². The Labute approximate surface area is 60.7 Å². The van der Waals surface area contributed by atoms with Gasteiger partial charge in [-0.3, -0.25) is 0 Å². The van der Waals surface area contributed by atoms with E-state index in [9.17, 15) is 4.39 Å². The number of rotatable bonds is 4. The summed E-state index contributed by atoms with van der Waals surface area (Å²) in [7, 11) is 0. The standard InChI is InChI=1S/C8H12FN/c1-7(5-6-10)3-4-8(2)9/h3-4H,1-2,5-6,10H2/b4-3-. The topological polar surface area (TPSA) is 26.0 Å². The molecule has 0 aliphatic rings. The lowest BCUT2D eigenvalue weighted by Gasteiger charge is -1.92. The number of hydrogen-bond donors (Lipinski definition) is 1. The van der Waals surface area contributed by atoms with Gasteiger partial charge in [-0.2, -0.15) is 0 Å². The molecule has 56 valence electrons. The van der Waals surface area contributed by atoms with Gasteiger partial charge in [-0.25, -0.2) is 4.39 Å². The summed E-state index contributed by atoms with van der Waals surface area (Å²) in [4.78, 5) is 0. The lowest BCUT2D eigenvalue weighted by molar-refractivity contribution is 0.671. The van der Waals surface area contributed by atoms with Gasteiger partial charge in [0, 0.05) is 0 Å². The van der Waals surface area contributed by atoms with Crippen molar-refractivity contribution in [2.45, 2.75) is 6.42 Å². The van der Waals surface area contributed by atoms with Crippen molar-refractivity contribution in [1.29, 1.82) is 0 Å². The van der Waals surface area contributed by atoms with E-state index in [1.807, 2.05) is 0 Å². The fourth-order valence-electron chi connectivity index (χ4n) is 0.477. The van der Waals surface area contributed by atoms with Gasteiger partial charge in [0.25, 0.3) is 0 Å². The molecule has 0 atom stereocenters. The van der Waals surface area contributed by atoms with Gasteiger partial charge in [0.2, 0.25) is 0 Å². The van der Waals surface area contributed by atoms with Crippen LogP contribution in [0, 0.1) is 0 Å². The zero-order valence-electron chi connectivity index (χ0n) is 5.94. The lowest BCUT2D eigenvalue weighted by Crippen LogP contribution is -1.98. The van der Waals surface area contributed by atoms with Crippen LogP contribution in [0.15, 0.2) is 36.7 Å². The van der Waals surface area contributed by atoms with Gasteiger partial charge >= 0.3 is 0 Å². The Bertz CT molecular complexity index is 159. The molecule has 0 bridgehead atoms. The normalized spacial score (nSPS) is 10.2. The third-order valence-corrected chi connectivity index (χ3v) is 0.965. The number of allylic oxidation sites excluding steroid dienone is 3. The van der Waals surface area contributed by atoms with Crippen LogP contribution in [0.2, 0.25) is 0 Å². The van der Waals surface area contributed by atoms with E-state index in [0.717, 1.165) is 5.57 Å². The highest BCUT2D eigenvalue weighted by Gasteiger charge is 1.85.